The molecule has 2 nitrogen and oxygen atoms in total. The van der Waals surface area contributed by atoms with Gasteiger partial charge in [0, 0.05) is 19.9 Å². The molecule has 0 unspecified atom stereocenters. The molecule has 1 fully saturated rings. The molecule has 1 N–H and O–H groups in total. The first-order valence-corrected chi connectivity index (χ1v) is 6.06. The van der Waals surface area contributed by atoms with Crippen molar-refractivity contribution in [2.45, 2.75) is 57.8 Å². The van der Waals surface area contributed by atoms with Crippen LogP contribution in [-0.2, 0) is 4.79 Å². The zero-order valence-corrected chi connectivity index (χ0v) is 10.1. The van der Waals surface area contributed by atoms with Gasteiger partial charge < -0.3 is 5.32 Å². The van der Waals surface area contributed by atoms with Crippen LogP contribution in [0.15, 0.2) is 0 Å². The molecule has 0 heterocycles. The maximum Gasteiger partial charge on any atom is 0.250 e. The summed E-state index contributed by atoms with van der Waals surface area (Å²) in [4.78, 5) is 11.6. The monoisotopic (exact) mass is 233 g/mol. The number of hydrogen-bond donors (Lipinski definition) is 1. The van der Waals surface area contributed by atoms with Gasteiger partial charge in [0.15, 0.2) is 0 Å². The molecule has 1 amide bonds. The third kappa shape index (κ3) is 2.92. The lowest BCUT2D eigenvalue weighted by molar-refractivity contribution is -0.180. The number of unbranched alkanes of at least 4 members (excludes halogenated alkanes) is 3. The molecule has 0 aromatic rings. The zero-order valence-electron chi connectivity index (χ0n) is 10.1. The van der Waals surface area contributed by atoms with Gasteiger partial charge in [-0.2, -0.15) is 0 Å². The van der Waals surface area contributed by atoms with Crippen molar-refractivity contribution in [3.8, 4) is 0 Å². The normalized spacial score (nSPS) is 21.2. The van der Waals surface area contributed by atoms with E-state index < -0.39 is 11.3 Å². The van der Waals surface area contributed by atoms with E-state index in [0.717, 1.165) is 25.7 Å². The average molecular weight is 233 g/mol. The van der Waals surface area contributed by atoms with Crippen molar-refractivity contribution in [2.24, 2.45) is 5.41 Å². The molecule has 1 aliphatic carbocycles. The molecule has 0 aromatic heterocycles. The van der Waals surface area contributed by atoms with E-state index in [1.54, 1.807) is 0 Å². The quantitative estimate of drug-likeness (QED) is 0.702. The van der Waals surface area contributed by atoms with Gasteiger partial charge in [0.2, 0.25) is 11.8 Å². The van der Waals surface area contributed by atoms with Gasteiger partial charge in [0.1, 0.15) is 0 Å². The summed E-state index contributed by atoms with van der Waals surface area (Å²) in [5.41, 5.74) is -0.786. The van der Waals surface area contributed by atoms with Crippen molar-refractivity contribution in [2.75, 3.05) is 7.05 Å². The maximum atomic E-state index is 12.9. The third-order valence-corrected chi connectivity index (χ3v) is 3.41. The zero-order chi connectivity index (χ0) is 12.2. The lowest BCUT2D eigenvalue weighted by Gasteiger charge is -2.45. The Hall–Kier alpha value is -0.670. The van der Waals surface area contributed by atoms with Crippen LogP contribution in [0.3, 0.4) is 0 Å². The number of carbonyl (C=O) groups is 1. The minimum atomic E-state index is -2.63. The predicted octanol–water partition coefficient (Wildman–Crippen LogP) is 3.12. The smallest absolute Gasteiger partial charge is 0.250 e. The molecule has 0 aliphatic heterocycles. The Morgan fingerprint density at radius 1 is 1.25 bits per heavy atom. The van der Waals surface area contributed by atoms with Crippen molar-refractivity contribution in [3.05, 3.63) is 0 Å². The predicted molar refractivity (Wildman–Crippen MR) is 59.4 cm³/mol. The summed E-state index contributed by atoms with van der Waals surface area (Å²) >= 11 is 0. The maximum absolute atomic E-state index is 12.9. The highest BCUT2D eigenvalue weighted by molar-refractivity contribution is 5.83. The van der Waals surface area contributed by atoms with E-state index >= 15 is 0 Å². The van der Waals surface area contributed by atoms with Crippen molar-refractivity contribution < 1.29 is 13.6 Å². The van der Waals surface area contributed by atoms with Gasteiger partial charge in [-0.1, -0.05) is 32.6 Å². The molecule has 0 atom stereocenters. The summed E-state index contributed by atoms with van der Waals surface area (Å²) < 4.78 is 25.9. The van der Waals surface area contributed by atoms with Crippen molar-refractivity contribution in [1.82, 2.24) is 5.32 Å². The van der Waals surface area contributed by atoms with Crippen molar-refractivity contribution in [1.29, 1.82) is 0 Å². The SMILES string of the molecule is CCCCCCC1(C(=O)NC)CC(F)(F)C1. The molecule has 1 saturated carbocycles. The Balaban J connectivity index is 2.45. The number of carbonyl (C=O) groups excluding carboxylic acids is 1. The van der Waals surface area contributed by atoms with Crippen LogP contribution in [0, 0.1) is 5.41 Å². The second-order valence-corrected chi connectivity index (χ2v) is 4.88. The van der Waals surface area contributed by atoms with Crippen molar-refractivity contribution >= 4 is 5.91 Å². The summed E-state index contributed by atoms with van der Waals surface area (Å²) in [7, 11) is 1.52. The molecule has 94 valence electrons. The summed E-state index contributed by atoms with van der Waals surface area (Å²) in [5.74, 6) is -2.84. The minimum absolute atomic E-state index is 0.213. The number of hydrogen-bond acceptors (Lipinski definition) is 1. The summed E-state index contributed by atoms with van der Waals surface area (Å²) in [6.45, 7) is 2.10. The fraction of sp³-hybridized carbons (Fsp3) is 0.917. The molecule has 0 saturated heterocycles. The van der Waals surface area contributed by atoms with Gasteiger partial charge in [-0.15, -0.1) is 0 Å². The fourth-order valence-electron chi connectivity index (χ4n) is 2.54. The molecule has 0 radical (unpaired) electrons. The van der Waals surface area contributed by atoms with E-state index in [4.69, 9.17) is 0 Å². The highest BCUT2D eigenvalue weighted by Crippen LogP contribution is 2.54. The Kier molecular flexibility index (Phi) is 4.28. The van der Waals surface area contributed by atoms with E-state index in [2.05, 4.69) is 12.2 Å². The summed E-state index contributed by atoms with van der Waals surface area (Å²) in [6, 6.07) is 0. The Bertz CT molecular complexity index is 245. The fourth-order valence-corrected chi connectivity index (χ4v) is 2.54. The molecule has 0 aromatic carbocycles. The number of nitrogens with one attached hydrogen (secondary N) is 1. The molecule has 4 heteroatoms. The lowest BCUT2D eigenvalue weighted by atomic mass is 9.62. The first-order chi connectivity index (χ1) is 7.46. The van der Waals surface area contributed by atoms with Gasteiger partial charge in [-0.25, -0.2) is 8.78 Å². The second kappa shape index (κ2) is 5.11. The highest BCUT2D eigenvalue weighted by Gasteiger charge is 2.59. The van der Waals surface area contributed by atoms with E-state index in [9.17, 15) is 13.6 Å². The van der Waals surface area contributed by atoms with E-state index in [-0.39, 0.29) is 18.7 Å². The molecular weight excluding hydrogens is 212 g/mol. The van der Waals surface area contributed by atoms with Gasteiger partial charge in [-0.05, 0) is 6.42 Å². The Labute approximate surface area is 95.8 Å². The van der Waals surface area contributed by atoms with E-state index in [1.807, 2.05) is 0 Å². The molecular formula is C12H21F2NO. The minimum Gasteiger partial charge on any atom is -0.359 e. The molecule has 0 spiro atoms. The Morgan fingerprint density at radius 3 is 2.31 bits per heavy atom. The average Bonchev–Trinajstić information content (AvgIpc) is 2.20. The Morgan fingerprint density at radius 2 is 1.88 bits per heavy atom. The second-order valence-electron chi connectivity index (χ2n) is 4.88. The largest absolute Gasteiger partial charge is 0.359 e. The van der Waals surface area contributed by atoms with Crippen LogP contribution in [0.1, 0.15) is 51.9 Å². The lowest BCUT2D eigenvalue weighted by Crippen LogP contribution is -2.54. The molecule has 1 aliphatic rings. The summed E-state index contributed by atoms with van der Waals surface area (Å²) in [6.07, 6.45) is 4.18. The third-order valence-electron chi connectivity index (χ3n) is 3.41. The number of amides is 1. The van der Waals surface area contributed by atoms with Crippen LogP contribution in [0.5, 0.6) is 0 Å². The highest BCUT2D eigenvalue weighted by atomic mass is 19.3. The first kappa shape index (κ1) is 13.4. The van der Waals surface area contributed by atoms with Crippen LogP contribution >= 0.6 is 0 Å². The van der Waals surface area contributed by atoms with Gasteiger partial charge >= 0.3 is 0 Å². The number of rotatable bonds is 6. The van der Waals surface area contributed by atoms with E-state index in [1.165, 1.54) is 7.05 Å². The van der Waals surface area contributed by atoms with Crippen LogP contribution in [0.25, 0.3) is 0 Å². The van der Waals surface area contributed by atoms with Gasteiger partial charge in [0.05, 0.1) is 5.41 Å². The summed E-state index contributed by atoms with van der Waals surface area (Å²) in [5, 5.41) is 2.51. The molecule has 1 rings (SSSR count). The first-order valence-electron chi connectivity index (χ1n) is 6.06. The number of halogens is 2. The van der Waals surface area contributed by atoms with E-state index in [0.29, 0.717) is 6.42 Å². The van der Waals surface area contributed by atoms with Gasteiger partial charge in [-0.3, -0.25) is 4.79 Å². The van der Waals surface area contributed by atoms with Crippen LogP contribution < -0.4 is 5.32 Å². The standard InChI is InChI=1S/C12H21F2NO/c1-3-4-5-6-7-11(10(16)15-2)8-12(13,14)9-11/h3-9H2,1-2H3,(H,15,16). The van der Waals surface area contributed by atoms with Gasteiger partial charge in [0.25, 0.3) is 0 Å². The van der Waals surface area contributed by atoms with Crippen molar-refractivity contribution in [3.63, 3.8) is 0 Å². The van der Waals surface area contributed by atoms with Crippen LogP contribution in [-0.4, -0.2) is 18.9 Å². The number of alkyl halides is 2. The molecule has 0 bridgehead atoms. The topological polar surface area (TPSA) is 29.1 Å². The van der Waals surface area contributed by atoms with Crippen LogP contribution in [0.2, 0.25) is 0 Å². The van der Waals surface area contributed by atoms with Crippen LogP contribution in [0.4, 0.5) is 8.78 Å². The molecule has 16 heavy (non-hydrogen) atoms.